The molecule has 110 valence electrons. The number of fused-ring (bicyclic) bond motifs is 1. The summed E-state index contributed by atoms with van der Waals surface area (Å²) in [6, 6.07) is 0.278. The van der Waals surface area contributed by atoms with E-state index in [4.69, 9.17) is 12.2 Å². The maximum atomic E-state index is 12.4. The standard InChI is InChI=1S/C13H14N4O2S2/c1-2-5-17-11-10(21-13(17)20)12(19)16(7-14-11)6-9(18)15-8-3-4-8/h2,7-8H,1,3-6H2,(H,15,18). The van der Waals surface area contributed by atoms with Crippen molar-refractivity contribution in [3.63, 3.8) is 0 Å². The Morgan fingerprint density at radius 2 is 2.38 bits per heavy atom. The van der Waals surface area contributed by atoms with Gasteiger partial charge in [0.1, 0.15) is 17.6 Å². The van der Waals surface area contributed by atoms with Gasteiger partial charge in [0.15, 0.2) is 9.60 Å². The van der Waals surface area contributed by atoms with Crippen LogP contribution in [0.2, 0.25) is 0 Å². The van der Waals surface area contributed by atoms with Gasteiger partial charge >= 0.3 is 0 Å². The predicted molar refractivity (Wildman–Crippen MR) is 84.1 cm³/mol. The van der Waals surface area contributed by atoms with Crippen molar-refractivity contribution < 1.29 is 4.79 Å². The molecule has 0 aliphatic heterocycles. The zero-order chi connectivity index (χ0) is 15.0. The van der Waals surface area contributed by atoms with Crippen LogP contribution in [0.4, 0.5) is 0 Å². The summed E-state index contributed by atoms with van der Waals surface area (Å²) in [4.78, 5) is 28.5. The average molecular weight is 322 g/mol. The largest absolute Gasteiger partial charge is 0.352 e. The van der Waals surface area contributed by atoms with Crippen LogP contribution in [0.1, 0.15) is 12.8 Å². The summed E-state index contributed by atoms with van der Waals surface area (Å²) >= 11 is 6.46. The third-order valence-electron chi connectivity index (χ3n) is 3.21. The molecule has 0 saturated heterocycles. The molecule has 2 aromatic heterocycles. The Balaban J connectivity index is 1.96. The number of rotatable bonds is 5. The highest BCUT2D eigenvalue weighted by Crippen LogP contribution is 2.19. The highest BCUT2D eigenvalue weighted by molar-refractivity contribution is 7.73. The molecule has 1 fully saturated rings. The molecule has 0 bridgehead atoms. The summed E-state index contributed by atoms with van der Waals surface area (Å²) in [5.74, 6) is -0.158. The molecule has 0 spiro atoms. The number of allylic oxidation sites excluding steroid dienone is 1. The van der Waals surface area contributed by atoms with Crippen LogP contribution in [0.25, 0.3) is 10.3 Å². The molecule has 3 rings (SSSR count). The first-order chi connectivity index (χ1) is 10.1. The maximum Gasteiger partial charge on any atom is 0.273 e. The number of nitrogens with zero attached hydrogens (tertiary/aromatic N) is 3. The second-order valence-electron chi connectivity index (χ2n) is 4.94. The number of hydrogen-bond acceptors (Lipinski definition) is 5. The molecule has 2 aromatic rings. The van der Waals surface area contributed by atoms with Crippen LogP contribution in [-0.2, 0) is 17.9 Å². The number of aromatic nitrogens is 3. The summed E-state index contributed by atoms with van der Waals surface area (Å²) in [5.41, 5.74) is 0.318. The Kier molecular flexibility index (Phi) is 3.73. The van der Waals surface area contributed by atoms with E-state index in [0.717, 1.165) is 12.8 Å². The van der Waals surface area contributed by atoms with E-state index in [-0.39, 0.29) is 24.1 Å². The Hall–Kier alpha value is -1.80. The molecule has 21 heavy (non-hydrogen) atoms. The summed E-state index contributed by atoms with van der Waals surface area (Å²) < 4.78 is 4.14. The minimum absolute atomic E-state index is 0.00953. The first kappa shape index (κ1) is 14.2. The van der Waals surface area contributed by atoms with Gasteiger partial charge in [-0.1, -0.05) is 17.4 Å². The smallest absolute Gasteiger partial charge is 0.273 e. The van der Waals surface area contributed by atoms with E-state index in [9.17, 15) is 9.59 Å². The lowest BCUT2D eigenvalue weighted by Crippen LogP contribution is -2.33. The van der Waals surface area contributed by atoms with Gasteiger partial charge in [-0.3, -0.25) is 14.2 Å². The Labute approximate surface area is 129 Å². The summed E-state index contributed by atoms with van der Waals surface area (Å²) in [6.07, 6.45) is 5.14. The van der Waals surface area contributed by atoms with Crippen molar-refractivity contribution in [3.05, 3.63) is 33.3 Å². The molecule has 0 radical (unpaired) electrons. The van der Waals surface area contributed by atoms with E-state index in [0.29, 0.717) is 20.8 Å². The van der Waals surface area contributed by atoms with Crippen molar-refractivity contribution in [2.75, 3.05) is 0 Å². The minimum atomic E-state index is -0.232. The molecular weight excluding hydrogens is 308 g/mol. The van der Waals surface area contributed by atoms with Gasteiger partial charge in [0.05, 0.1) is 0 Å². The van der Waals surface area contributed by atoms with Gasteiger partial charge in [-0.05, 0) is 25.1 Å². The number of thiazole rings is 1. The minimum Gasteiger partial charge on any atom is -0.352 e. The predicted octanol–water partition coefficient (Wildman–Crippen LogP) is 1.45. The lowest BCUT2D eigenvalue weighted by molar-refractivity contribution is -0.121. The van der Waals surface area contributed by atoms with Gasteiger partial charge < -0.3 is 9.88 Å². The monoisotopic (exact) mass is 322 g/mol. The molecule has 8 heteroatoms. The van der Waals surface area contributed by atoms with Gasteiger partial charge in [-0.25, -0.2) is 4.98 Å². The van der Waals surface area contributed by atoms with Gasteiger partial charge in [-0.2, -0.15) is 0 Å². The lowest BCUT2D eigenvalue weighted by Gasteiger charge is -2.06. The number of amides is 1. The Morgan fingerprint density at radius 1 is 1.62 bits per heavy atom. The molecule has 1 aliphatic rings. The van der Waals surface area contributed by atoms with Crippen molar-refractivity contribution in [2.24, 2.45) is 0 Å². The number of carbonyl (C=O) groups is 1. The Morgan fingerprint density at radius 3 is 3.05 bits per heavy atom. The summed E-state index contributed by atoms with van der Waals surface area (Å²) in [5, 5.41) is 2.85. The molecule has 6 nitrogen and oxygen atoms in total. The van der Waals surface area contributed by atoms with E-state index in [2.05, 4.69) is 16.9 Å². The fourth-order valence-electron chi connectivity index (χ4n) is 2.03. The zero-order valence-corrected chi connectivity index (χ0v) is 12.9. The van der Waals surface area contributed by atoms with Gasteiger partial charge in [0.2, 0.25) is 5.91 Å². The lowest BCUT2D eigenvalue weighted by atomic mass is 10.5. The van der Waals surface area contributed by atoms with Crippen molar-refractivity contribution >= 4 is 39.8 Å². The molecule has 0 atom stereocenters. The van der Waals surface area contributed by atoms with Crippen molar-refractivity contribution in [1.29, 1.82) is 0 Å². The number of carbonyl (C=O) groups excluding carboxylic acids is 1. The quantitative estimate of drug-likeness (QED) is 0.668. The molecule has 1 amide bonds. The molecule has 2 heterocycles. The molecule has 0 aromatic carbocycles. The first-order valence-electron chi connectivity index (χ1n) is 6.59. The normalized spacial score (nSPS) is 14.3. The maximum absolute atomic E-state index is 12.4. The van der Waals surface area contributed by atoms with Crippen molar-refractivity contribution in [2.45, 2.75) is 32.0 Å². The topological polar surface area (TPSA) is 68.9 Å². The van der Waals surface area contributed by atoms with Gasteiger partial charge in [0.25, 0.3) is 5.56 Å². The van der Waals surface area contributed by atoms with Crippen LogP contribution in [0.5, 0.6) is 0 Å². The van der Waals surface area contributed by atoms with E-state index in [1.54, 1.807) is 10.6 Å². The van der Waals surface area contributed by atoms with E-state index in [1.807, 2.05) is 0 Å². The summed E-state index contributed by atoms with van der Waals surface area (Å²) in [7, 11) is 0. The van der Waals surface area contributed by atoms with E-state index in [1.165, 1.54) is 22.2 Å². The molecule has 0 unspecified atom stereocenters. The zero-order valence-electron chi connectivity index (χ0n) is 11.2. The van der Waals surface area contributed by atoms with Gasteiger partial charge in [0, 0.05) is 12.6 Å². The Bertz CT molecular complexity index is 829. The second kappa shape index (κ2) is 5.53. The number of hydrogen-bond donors (Lipinski definition) is 1. The van der Waals surface area contributed by atoms with Crippen LogP contribution in [-0.4, -0.2) is 26.1 Å². The van der Waals surface area contributed by atoms with Crippen molar-refractivity contribution in [1.82, 2.24) is 19.4 Å². The highest BCUT2D eigenvalue weighted by Gasteiger charge is 2.23. The third kappa shape index (κ3) is 2.81. The molecular formula is C13H14N4O2S2. The average Bonchev–Trinajstić information content (AvgIpc) is 3.19. The van der Waals surface area contributed by atoms with Crippen LogP contribution >= 0.6 is 23.6 Å². The van der Waals surface area contributed by atoms with E-state index < -0.39 is 0 Å². The first-order valence-corrected chi connectivity index (χ1v) is 7.81. The van der Waals surface area contributed by atoms with Crippen LogP contribution in [0.3, 0.4) is 0 Å². The van der Waals surface area contributed by atoms with E-state index >= 15 is 0 Å². The van der Waals surface area contributed by atoms with Gasteiger partial charge in [-0.15, -0.1) is 6.58 Å². The molecule has 1 saturated carbocycles. The van der Waals surface area contributed by atoms with Crippen molar-refractivity contribution in [3.8, 4) is 0 Å². The van der Waals surface area contributed by atoms with Crippen LogP contribution < -0.4 is 10.9 Å². The third-order valence-corrected chi connectivity index (χ3v) is 4.64. The highest BCUT2D eigenvalue weighted by atomic mass is 32.1. The van der Waals surface area contributed by atoms with Crippen LogP contribution in [0.15, 0.2) is 23.8 Å². The molecule has 1 aliphatic carbocycles. The second-order valence-corrected chi connectivity index (χ2v) is 6.58. The fourth-order valence-corrected chi connectivity index (χ4v) is 3.35. The fraction of sp³-hybridized carbons (Fsp3) is 0.385. The molecule has 1 N–H and O–H groups in total. The number of nitrogens with one attached hydrogen (secondary N) is 1. The van der Waals surface area contributed by atoms with Crippen LogP contribution in [0, 0.1) is 3.95 Å². The SMILES string of the molecule is C=CCn1c(=S)sc2c(=O)n(CC(=O)NC3CC3)cnc21. The summed E-state index contributed by atoms with van der Waals surface area (Å²) in [6.45, 7) is 4.17.